The predicted molar refractivity (Wildman–Crippen MR) is 61.2 cm³/mol. The number of alkyl halides is 1. The van der Waals surface area contributed by atoms with Crippen molar-refractivity contribution in [3.05, 3.63) is 0 Å². The van der Waals surface area contributed by atoms with Gasteiger partial charge < -0.3 is 10.2 Å². The molecule has 0 aromatic heterocycles. The van der Waals surface area contributed by atoms with Crippen LogP contribution in [-0.4, -0.2) is 41.7 Å². The molecule has 1 aliphatic heterocycles. The van der Waals surface area contributed by atoms with Gasteiger partial charge >= 0.3 is 0 Å². The third kappa shape index (κ3) is 2.88. The van der Waals surface area contributed by atoms with Crippen LogP contribution in [0.1, 0.15) is 25.7 Å². The number of rotatable bonds is 3. The molecular weight excluding hydrogens is 228 g/mol. The fourth-order valence-corrected chi connectivity index (χ4v) is 2.19. The van der Waals surface area contributed by atoms with Crippen LogP contribution in [0.5, 0.6) is 0 Å². The lowest BCUT2D eigenvalue weighted by Gasteiger charge is -2.30. The van der Waals surface area contributed by atoms with Crippen LogP contribution in [0.2, 0.25) is 0 Å². The van der Waals surface area contributed by atoms with Crippen molar-refractivity contribution in [3.63, 3.8) is 0 Å². The molecule has 5 heteroatoms. The minimum atomic E-state index is -0.0253. The largest absolute Gasteiger partial charge is 0.353 e. The molecule has 0 atom stereocenters. The van der Waals surface area contributed by atoms with E-state index in [1.807, 2.05) is 0 Å². The molecule has 1 aliphatic carbocycles. The number of carbonyl (C=O) groups is 2. The molecular formula is C11H17ClN2O2. The van der Waals surface area contributed by atoms with Crippen LogP contribution in [-0.2, 0) is 9.59 Å². The van der Waals surface area contributed by atoms with E-state index in [1.54, 1.807) is 4.90 Å². The Balaban J connectivity index is 1.75. The Kier molecular flexibility index (Phi) is 3.69. The summed E-state index contributed by atoms with van der Waals surface area (Å²) in [4.78, 5) is 24.8. The zero-order valence-electron chi connectivity index (χ0n) is 9.25. The number of nitrogens with zero attached hydrogens (tertiary/aromatic N) is 1. The summed E-state index contributed by atoms with van der Waals surface area (Å²) >= 11 is 5.49. The van der Waals surface area contributed by atoms with Crippen molar-refractivity contribution in [2.45, 2.75) is 31.7 Å². The first-order valence-electron chi connectivity index (χ1n) is 5.85. The van der Waals surface area contributed by atoms with Gasteiger partial charge in [-0.2, -0.15) is 0 Å². The van der Waals surface area contributed by atoms with Gasteiger partial charge in [0.2, 0.25) is 11.8 Å². The molecule has 0 spiro atoms. The van der Waals surface area contributed by atoms with E-state index in [4.69, 9.17) is 11.6 Å². The fraction of sp³-hybridized carbons (Fsp3) is 0.818. The molecule has 4 nitrogen and oxygen atoms in total. The van der Waals surface area contributed by atoms with Crippen molar-refractivity contribution in [2.75, 3.05) is 19.0 Å². The molecule has 16 heavy (non-hydrogen) atoms. The van der Waals surface area contributed by atoms with Crippen LogP contribution >= 0.6 is 11.6 Å². The Hall–Kier alpha value is -0.770. The highest BCUT2D eigenvalue weighted by Gasteiger charge is 2.30. The number of hydrogen-bond acceptors (Lipinski definition) is 2. The average molecular weight is 245 g/mol. The normalized spacial score (nSPS) is 21.9. The lowest BCUT2D eigenvalue weighted by Crippen LogP contribution is -2.43. The number of nitrogens with one attached hydrogen (secondary N) is 1. The molecule has 0 bridgehead atoms. The Bertz CT molecular complexity index is 284. The minimum Gasteiger partial charge on any atom is -0.353 e. The molecule has 1 saturated carbocycles. The molecule has 1 saturated heterocycles. The Morgan fingerprint density at radius 2 is 1.81 bits per heavy atom. The molecule has 2 amide bonds. The third-order valence-electron chi connectivity index (χ3n) is 3.26. The second-order valence-electron chi connectivity index (χ2n) is 4.57. The number of amides is 2. The van der Waals surface area contributed by atoms with Crippen molar-refractivity contribution < 1.29 is 9.59 Å². The number of likely N-dealkylation sites (tertiary alicyclic amines) is 1. The second kappa shape index (κ2) is 5.04. The summed E-state index contributed by atoms with van der Waals surface area (Å²) in [6, 6.07) is 0.426. The van der Waals surface area contributed by atoms with Gasteiger partial charge in [-0.25, -0.2) is 0 Å². The smallest absolute Gasteiger partial charge is 0.237 e. The minimum absolute atomic E-state index is 0.0253. The van der Waals surface area contributed by atoms with Gasteiger partial charge in [0.25, 0.3) is 0 Å². The maximum Gasteiger partial charge on any atom is 0.237 e. The van der Waals surface area contributed by atoms with Gasteiger partial charge in [0.05, 0.1) is 0 Å². The first kappa shape index (κ1) is 11.7. The number of hydrogen-bond donors (Lipinski definition) is 1. The maximum atomic E-state index is 11.8. The van der Waals surface area contributed by atoms with E-state index in [2.05, 4.69) is 5.32 Å². The van der Waals surface area contributed by atoms with E-state index < -0.39 is 0 Å². The van der Waals surface area contributed by atoms with Crippen molar-refractivity contribution in [2.24, 2.45) is 5.92 Å². The first-order chi connectivity index (χ1) is 7.70. The highest BCUT2D eigenvalue weighted by Crippen LogP contribution is 2.22. The highest BCUT2D eigenvalue weighted by molar-refractivity contribution is 6.27. The van der Waals surface area contributed by atoms with E-state index in [0.717, 1.165) is 25.7 Å². The zero-order valence-corrected chi connectivity index (χ0v) is 10.0. The fourth-order valence-electron chi connectivity index (χ4n) is 2.02. The molecule has 2 aliphatic rings. The van der Waals surface area contributed by atoms with Crippen LogP contribution in [0.4, 0.5) is 0 Å². The number of carbonyl (C=O) groups excluding carboxylic acids is 2. The number of halogens is 1. The molecule has 1 N–H and O–H groups in total. The average Bonchev–Trinajstić information content (AvgIpc) is 3.12. The van der Waals surface area contributed by atoms with E-state index in [1.165, 1.54) is 0 Å². The molecule has 90 valence electrons. The lowest BCUT2D eigenvalue weighted by atomic mass is 9.96. The Morgan fingerprint density at radius 1 is 1.19 bits per heavy atom. The van der Waals surface area contributed by atoms with Gasteiger partial charge in [-0.3, -0.25) is 9.59 Å². The Morgan fingerprint density at radius 3 is 2.31 bits per heavy atom. The summed E-state index contributed by atoms with van der Waals surface area (Å²) < 4.78 is 0. The summed E-state index contributed by atoms with van der Waals surface area (Å²) in [7, 11) is 0. The molecule has 2 fully saturated rings. The standard InChI is InChI=1S/C11H17ClN2O2/c12-7-10(15)14-5-3-8(4-6-14)11(16)13-9-1-2-9/h8-9H,1-7H2,(H,13,16). The van der Waals surface area contributed by atoms with Gasteiger partial charge in [0.15, 0.2) is 0 Å². The van der Waals surface area contributed by atoms with E-state index in [9.17, 15) is 9.59 Å². The quantitative estimate of drug-likeness (QED) is 0.745. The monoisotopic (exact) mass is 244 g/mol. The third-order valence-corrected chi connectivity index (χ3v) is 3.49. The van der Waals surface area contributed by atoms with Crippen LogP contribution in [0, 0.1) is 5.92 Å². The second-order valence-corrected chi connectivity index (χ2v) is 4.84. The summed E-state index contributed by atoms with van der Waals surface area (Å²) in [5.41, 5.74) is 0. The topological polar surface area (TPSA) is 49.4 Å². The molecule has 0 aromatic carbocycles. The summed E-state index contributed by atoms with van der Waals surface area (Å²) in [5, 5.41) is 3.01. The van der Waals surface area contributed by atoms with Crippen LogP contribution in [0.15, 0.2) is 0 Å². The molecule has 0 aromatic rings. The maximum absolute atomic E-state index is 11.8. The lowest BCUT2D eigenvalue weighted by molar-refractivity contribution is -0.133. The van der Waals surface area contributed by atoms with Crippen LogP contribution in [0.25, 0.3) is 0 Å². The SMILES string of the molecule is O=C(NC1CC1)C1CCN(C(=O)CCl)CC1. The predicted octanol–water partition coefficient (Wildman–Crippen LogP) is 0.742. The van der Waals surface area contributed by atoms with Gasteiger partial charge in [-0.1, -0.05) is 0 Å². The van der Waals surface area contributed by atoms with Gasteiger partial charge in [0, 0.05) is 25.0 Å². The first-order valence-corrected chi connectivity index (χ1v) is 6.38. The summed E-state index contributed by atoms with van der Waals surface area (Å²) in [6.07, 6.45) is 3.77. The summed E-state index contributed by atoms with van der Waals surface area (Å²) in [6.45, 7) is 1.32. The van der Waals surface area contributed by atoms with Gasteiger partial charge in [0.1, 0.15) is 5.88 Å². The van der Waals surface area contributed by atoms with Crippen molar-refractivity contribution in [1.82, 2.24) is 10.2 Å². The molecule has 0 radical (unpaired) electrons. The van der Waals surface area contributed by atoms with Gasteiger partial charge in [-0.05, 0) is 25.7 Å². The van der Waals surface area contributed by atoms with Crippen molar-refractivity contribution in [1.29, 1.82) is 0 Å². The van der Waals surface area contributed by atoms with E-state index >= 15 is 0 Å². The Labute approximate surface area is 100 Å². The molecule has 2 rings (SSSR count). The van der Waals surface area contributed by atoms with Crippen molar-refractivity contribution >= 4 is 23.4 Å². The van der Waals surface area contributed by atoms with Crippen LogP contribution < -0.4 is 5.32 Å². The summed E-state index contributed by atoms with van der Waals surface area (Å²) in [5.74, 6) is 0.266. The van der Waals surface area contributed by atoms with E-state index in [0.29, 0.717) is 19.1 Å². The molecule has 1 heterocycles. The zero-order chi connectivity index (χ0) is 11.5. The van der Waals surface area contributed by atoms with Crippen LogP contribution in [0.3, 0.4) is 0 Å². The highest BCUT2D eigenvalue weighted by atomic mass is 35.5. The van der Waals surface area contributed by atoms with E-state index in [-0.39, 0.29) is 23.6 Å². The van der Waals surface area contributed by atoms with Gasteiger partial charge in [-0.15, -0.1) is 11.6 Å². The van der Waals surface area contributed by atoms with Crippen molar-refractivity contribution in [3.8, 4) is 0 Å². The number of piperidine rings is 1. The molecule has 0 unspecified atom stereocenters.